The maximum atomic E-state index is 6.36. The molecule has 1 aliphatic rings. The molecule has 194 valence electrons. The van der Waals surface area contributed by atoms with Gasteiger partial charge < -0.3 is 30.6 Å². The molecule has 3 aromatic heterocycles. The monoisotopic (exact) mass is 503 g/mol. The molecule has 1 atom stereocenters. The van der Waals surface area contributed by atoms with Gasteiger partial charge in [0.15, 0.2) is 11.5 Å². The number of ether oxygens (including phenoxy) is 3. The SMILES string of the molecule is COc1cc2ncc3c(N)nc(-c4cncc(OC[C@@H](N)CN5CCN(C)CC5)c4)cc3c2cc1OC. The first-order chi connectivity index (χ1) is 17.9. The summed E-state index contributed by atoms with van der Waals surface area (Å²) >= 11 is 0. The highest BCUT2D eigenvalue weighted by molar-refractivity contribution is 6.10. The Morgan fingerprint density at radius 3 is 2.43 bits per heavy atom. The number of hydrogen-bond donors (Lipinski definition) is 2. The highest BCUT2D eigenvalue weighted by atomic mass is 16.5. The van der Waals surface area contributed by atoms with Crippen LogP contribution >= 0.6 is 0 Å². The van der Waals surface area contributed by atoms with Gasteiger partial charge >= 0.3 is 0 Å². The van der Waals surface area contributed by atoms with E-state index in [1.54, 1.807) is 32.8 Å². The normalized spacial score (nSPS) is 15.7. The topological polar surface area (TPSA) is 125 Å². The lowest BCUT2D eigenvalue weighted by molar-refractivity contribution is 0.137. The van der Waals surface area contributed by atoms with Gasteiger partial charge in [0, 0.05) is 67.5 Å². The molecule has 37 heavy (non-hydrogen) atoms. The predicted octanol–water partition coefficient (Wildman–Crippen LogP) is 2.40. The van der Waals surface area contributed by atoms with Crippen molar-refractivity contribution >= 4 is 27.5 Å². The Balaban J connectivity index is 1.39. The summed E-state index contributed by atoms with van der Waals surface area (Å²) < 4.78 is 17.0. The second kappa shape index (κ2) is 10.7. The smallest absolute Gasteiger partial charge is 0.162 e. The standard InChI is InChI=1S/C27H33N7O3/c1-33-4-6-34(7-5-33)15-18(28)16-37-19-8-17(12-30-13-19)23-9-20-21-10-25(35-2)26(36-3)11-24(21)31-14-22(20)27(29)32-23/h8-14,18H,4-7,15-16,28H2,1-3H3,(H2,29,32)/t18-/m0/s1. The molecule has 0 aliphatic carbocycles. The fourth-order valence-corrected chi connectivity index (χ4v) is 4.66. The van der Waals surface area contributed by atoms with Crippen LogP contribution in [0.25, 0.3) is 32.9 Å². The molecule has 0 spiro atoms. The molecular formula is C27H33N7O3. The third-order valence-electron chi connectivity index (χ3n) is 6.77. The van der Waals surface area contributed by atoms with Crippen molar-refractivity contribution in [2.24, 2.45) is 5.73 Å². The van der Waals surface area contributed by atoms with E-state index in [4.69, 9.17) is 25.7 Å². The number of rotatable bonds is 8. The van der Waals surface area contributed by atoms with E-state index in [1.807, 2.05) is 24.3 Å². The zero-order valence-electron chi connectivity index (χ0n) is 21.5. The predicted molar refractivity (Wildman–Crippen MR) is 145 cm³/mol. The number of nitrogens with two attached hydrogens (primary N) is 2. The van der Waals surface area contributed by atoms with Crippen LogP contribution < -0.4 is 25.7 Å². The fraction of sp³-hybridized carbons (Fsp3) is 0.370. The quantitative estimate of drug-likeness (QED) is 0.346. The summed E-state index contributed by atoms with van der Waals surface area (Å²) in [5, 5.41) is 2.56. The van der Waals surface area contributed by atoms with Crippen LogP contribution in [0.15, 0.2) is 42.9 Å². The first-order valence-corrected chi connectivity index (χ1v) is 12.3. The maximum Gasteiger partial charge on any atom is 0.162 e. The molecule has 4 heterocycles. The Morgan fingerprint density at radius 1 is 0.919 bits per heavy atom. The van der Waals surface area contributed by atoms with Crippen molar-refractivity contribution in [1.82, 2.24) is 24.8 Å². The molecule has 4 N–H and O–H groups in total. The van der Waals surface area contributed by atoms with Gasteiger partial charge in [-0.15, -0.1) is 0 Å². The summed E-state index contributed by atoms with van der Waals surface area (Å²) in [5.41, 5.74) is 15.0. The Labute approximate surface area is 216 Å². The molecule has 4 aromatic rings. The van der Waals surface area contributed by atoms with Crippen molar-refractivity contribution in [3.63, 3.8) is 0 Å². The number of fused-ring (bicyclic) bond motifs is 3. The number of nitrogens with zero attached hydrogens (tertiary/aromatic N) is 5. The van der Waals surface area contributed by atoms with Crippen molar-refractivity contribution in [2.45, 2.75) is 6.04 Å². The molecule has 0 amide bonds. The molecule has 0 saturated carbocycles. The molecule has 0 unspecified atom stereocenters. The van der Waals surface area contributed by atoms with Crippen molar-refractivity contribution < 1.29 is 14.2 Å². The van der Waals surface area contributed by atoms with Crippen molar-refractivity contribution in [3.05, 3.63) is 42.9 Å². The molecule has 0 radical (unpaired) electrons. The average molecular weight is 504 g/mol. The Morgan fingerprint density at radius 2 is 1.68 bits per heavy atom. The van der Waals surface area contributed by atoms with Crippen LogP contribution in [0.5, 0.6) is 17.2 Å². The molecule has 1 aromatic carbocycles. The van der Waals surface area contributed by atoms with Crippen molar-refractivity contribution in [1.29, 1.82) is 0 Å². The van der Waals surface area contributed by atoms with Gasteiger partial charge in [-0.3, -0.25) is 14.9 Å². The van der Waals surface area contributed by atoms with Crippen LogP contribution in [0.1, 0.15) is 0 Å². The molecule has 1 aliphatic heterocycles. The van der Waals surface area contributed by atoms with E-state index in [0.29, 0.717) is 35.4 Å². The Hall–Kier alpha value is -3.73. The Kier molecular flexibility index (Phi) is 7.22. The second-order valence-electron chi connectivity index (χ2n) is 9.42. The van der Waals surface area contributed by atoms with Crippen LogP contribution in [0.2, 0.25) is 0 Å². The number of methoxy groups -OCH3 is 2. The molecule has 1 fully saturated rings. The zero-order chi connectivity index (χ0) is 25.9. The summed E-state index contributed by atoms with van der Waals surface area (Å²) in [4.78, 5) is 18.3. The van der Waals surface area contributed by atoms with Crippen LogP contribution in [0.3, 0.4) is 0 Å². The second-order valence-corrected chi connectivity index (χ2v) is 9.42. The minimum atomic E-state index is -0.0904. The summed E-state index contributed by atoms with van der Waals surface area (Å²) in [5.74, 6) is 2.25. The summed E-state index contributed by atoms with van der Waals surface area (Å²) in [6, 6.07) is 7.57. The van der Waals surface area contributed by atoms with E-state index in [0.717, 1.165) is 60.0 Å². The van der Waals surface area contributed by atoms with Gasteiger partial charge in [-0.05, 0) is 30.6 Å². The number of nitrogen functional groups attached to an aromatic ring is 1. The maximum absolute atomic E-state index is 6.36. The summed E-state index contributed by atoms with van der Waals surface area (Å²) in [6.07, 6.45) is 5.17. The van der Waals surface area contributed by atoms with E-state index >= 15 is 0 Å². The third-order valence-corrected chi connectivity index (χ3v) is 6.77. The minimum absolute atomic E-state index is 0.0904. The van der Waals surface area contributed by atoms with Gasteiger partial charge in [0.2, 0.25) is 0 Å². The largest absolute Gasteiger partial charge is 0.493 e. The van der Waals surface area contributed by atoms with Gasteiger partial charge in [-0.2, -0.15) is 0 Å². The van der Waals surface area contributed by atoms with Crippen molar-refractivity contribution in [2.75, 3.05) is 66.3 Å². The number of anilines is 1. The molecule has 10 heteroatoms. The number of benzene rings is 1. The van der Waals surface area contributed by atoms with E-state index in [2.05, 4.69) is 31.8 Å². The first kappa shape index (κ1) is 24.9. The van der Waals surface area contributed by atoms with E-state index in [9.17, 15) is 0 Å². The average Bonchev–Trinajstić information content (AvgIpc) is 2.92. The molecule has 0 bridgehead atoms. The number of hydrogen-bond acceptors (Lipinski definition) is 10. The molecule has 1 saturated heterocycles. The number of pyridine rings is 3. The third kappa shape index (κ3) is 5.36. The number of piperazine rings is 1. The number of aromatic nitrogens is 3. The molecule has 5 rings (SSSR count). The van der Waals surface area contributed by atoms with Crippen molar-refractivity contribution in [3.8, 4) is 28.5 Å². The van der Waals surface area contributed by atoms with E-state index in [-0.39, 0.29) is 6.04 Å². The van der Waals surface area contributed by atoms with Crippen LogP contribution in [0, 0.1) is 0 Å². The van der Waals surface area contributed by atoms with Gasteiger partial charge in [-0.25, -0.2) is 4.98 Å². The summed E-state index contributed by atoms with van der Waals surface area (Å²) in [6.45, 7) is 5.39. The number of likely N-dealkylation sites (N-methyl/N-ethyl adjacent to an activating group) is 1. The zero-order valence-corrected chi connectivity index (χ0v) is 21.5. The fourth-order valence-electron chi connectivity index (χ4n) is 4.66. The first-order valence-electron chi connectivity index (χ1n) is 12.3. The summed E-state index contributed by atoms with van der Waals surface area (Å²) in [7, 11) is 5.36. The van der Waals surface area contributed by atoms with Crippen LogP contribution in [-0.2, 0) is 0 Å². The molecule has 10 nitrogen and oxygen atoms in total. The van der Waals surface area contributed by atoms with Gasteiger partial charge in [0.25, 0.3) is 0 Å². The van der Waals surface area contributed by atoms with Gasteiger partial charge in [0.05, 0.1) is 37.7 Å². The lowest BCUT2D eigenvalue weighted by Crippen LogP contribution is -2.49. The van der Waals surface area contributed by atoms with Crippen LogP contribution in [-0.4, -0.2) is 91.4 Å². The van der Waals surface area contributed by atoms with Gasteiger partial charge in [-0.1, -0.05) is 0 Å². The van der Waals surface area contributed by atoms with Gasteiger partial charge in [0.1, 0.15) is 18.2 Å². The van der Waals surface area contributed by atoms with Crippen LogP contribution in [0.4, 0.5) is 5.82 Å². The highest BCUT2D eigenvalue weighted by Gasteiger charge is 2.17. The van der Waals surface area contributed by atoms with E-state index < -0.39 is 0 Å². The Bertz CT molecular complexity index is 1410. The highest BCUT2D eigenvalue weighted by Crippen LogP contribution is 2.37. The minimum Gasteiger partial charge on any atom is -0.493 e. The lowest BCUT2D eigenvalue weighted by atomic mass is 10.0. The molecular weight excluding hydrogens is 470 g/mol. The van der Waals surface area contributed by atoms with E-state index in [1.165, 1.54) is 0 Å². The lowest BCUT2D eigenvalue weighted by Gasteiger charge is -2.33.